The maximum Gasteiger partial charge on any atom is 0.508 e. The Morgan fingerprint density at radius 2 is 1.24 bits per heavy atom. The van der Waals surface area contributed by atoms with Gasteiger partial charge in [0.1, 0.15) is 19.8 Å². The van der Waals surface area contributed by atoms with Gasteiger partial charge in [0, 0.05) is 24.7 Å². The number of rotatable bonds is 9. The SMILES string of the molecule is C=C(N)N[C@@H]1/C=C\CCNC(=C)N[C@H]1CO.C=C(N)N[C@@H]1/C=C\CCNC(=C)N[C@H]1COC(=O)OCC(Cl)(Cl)Cl.O=C(Cl)OCC(Cl)(Cl)Cl. The number of nitrogens with two attached hydrogens (primary N) is 2. The third-order valence-corrected chi connectivity index (χ3v) is 6.32. The van der Waals surface area contributed by atoms with E-state index in [1.54, 1.807) is 0 Å². The number of aliphatic hydroxyl groups excluding tert-OH is 1. The molecule has 280 valence electrons. The zero-order valence-corrected chi connectivity index (χ0v) is 31.7. The second-order valence-corrected chi connectivity index (χ2v) is 15.3. The number of alkyl halides is 6. The number of hydrogen-bond donors (Lipinski definition) is 9. The summed E-state index contributed by atoms with van der Waals surface area (Å²) in [5, 5.41) is 27.8. The fraction of sp³-hybridized carbons (Fsp3) is 0.500. The van der Waals surface area contributed by atoms with E-state index in [1.165, 1.54) is 0 Å². The molecule has 49 heavy (non-hydrogen) atoms. The Morgan fingerprint density at radius 3 is 1.63 bits per heavy atom. The number of ether oxygens (including phenoxy) is 3. The van der Waals surface area contributed by atoms with Gasteiger partial charge in [-0.05, 0) is 12.8 Å². The predicted octanol–water partition coefficient (Wildman–Crippen LogP) is 3.95. The van der Waals surface area contributed by atoms with Crippen LogP contribution in [0.3, 0.4) is 0 Å². The quantitative estimate of drug-likeness (QED) is 0.0699. The molecule has 0 aromatic rings. The molecule has 2 heterocycles. The van der Waals surface area contributed by atoms with Gasteiger partial charge in [-0.3, -0.25) is 0 Å². The molecule has 11 N–H and O–H groups in total. The van der Waals surface area contributed by atoms with Crippen molar-refractivity contribution in [3.05, 3.63) is 73.9 Å². The van der Waals surface area contributed by atoms with Crippen molar-refractivity contribution in [3.63, 3.8) is 0 Å². The van der Waals surface area contributed by atoms with Crippen LogP contribution in [0.1, 0.15) is 12.8 Å². The standard InChI is InChI=1S/C14H21Cl3N4O3.C11H20N4O.C3H2Cl4O2/c1-9(18)20-11-5-3-4-6-19-10(2)21-12(11)7-23-13(22)24-8-14(15,16)17;1-8(12)14-10-5-3-4-6-13-9(2)15-11(10)7-16;4-2(8)9-1-3(5,6)7/h3,5,11-12,19-21H,1-2,4,6-8,18H2;3,5,10-11,13-16H,1-2,4,6-7,12H2;1H2/b2*5-3-;/t11-,12+;10-,11+;/m11./s1. The van der Waals surface area contributed by atoms with Crippen LogP contribution in [0.15, 0.2) is 73.9 Å². The first kappa shape index (κ1) is 46.6. The number of hydrogen-bond acceptors (Lipinski definition) is 14. The Kier molecular flexibility index (Phi) is 23.5. The normalized spacial score (nSPS) is 22.2. The Hall–Kier alpha value is -2.43. The van der Waals surface area contributed by atoms with Crippen LogP contribution in [-0.2, 0) is 14.2 Å². The van der Waals surface area contributed by atoms with E-state index in [1.807, 2.05) is 24.3 Å². The van der Waals surface area contributed by atoms with Gasteiger partial charge in [-0.15, -0.1) is 0 Å². The Morgan fingerprint density at radius 1 is 0.816 bits per heavy atom. The number of carbonyl (C=O) groups excluding carboxylic acids is 2. The van der Waals surface area contributed by atoms with E-state index in [0.717, 1.165) is 25.9 Å². The van der Waals surface area contributed by atoms with Gasteiger partial charge in [0.15, 0.2) is 0 Å². The molecule has 0 aromatic carbocycles. The lowest BCUT2D eigenvalue weighted by molar-refractivity contribution is 0.0487. The summed E-state index contributed by atoms with van der Waals surface area (Å²) in [7, 11) is 0. The van der Waals surface area contributed by atoms with Crippen molar-refractivity contribution in [1.29, 1.82) is 0 Å². The molecule has 21 heteroatoms. The molecule has 0 amide bonds. The maximum absolute atomic E-state index is 11.6. The van der Waals surface area contributed by atoms with Crippen molar-refractivity contribution in [2.45, 2.75) is 44.6 Å². The molecule has 0 aliphatic carbocycles. The van der Waals surface area contributed by atoms with E-state index in [2.05, 4.69) is 63.0 Å². The zero-order valence-electron chi connectivity index (χ0n) is 26.4. The highest BCUT2D eigenvalue weighted by Gasteiger charge is 2.26. The summed E-state index contributed by atoms with van der Waals surface area (Å²) in [4.78, 5) is 21.5. The number of nitrogens with one attached hydrogen (secondary N) is 6. The minimum absolute atomic E-state index is 0.0179. The van der Waals surface area contributed by atoms with Gasteiger partial charge in [0.05, 0.1) is 54.1 Å². The van der Waals surface area contributed by atoms with Gasteiger partial charge in [0.2, 0.25) is 7.59 Å². The van der Waals surface area contributed by atoms with Crippen LogP contribution in [0, 0.1) is 0 Å². The van der Waals surface area contributed by atoms with E-state index >= 15 is 0 Å². The monoisotopic (exact) mass is 832 g/mol. The molecule has 0 saturated heterocycles. The van der Waals surface area contributed by atoms with Crippen molar-refractivity contribution in [2.24, 2.45) is 11.5 Å². The van der Waals surface area contributed by atoms with E-state index in [0.29, 0.717) is 17.5 Å². The van der Waals surface area contributed by atoms with Crippen molar-refractivity contribution in [3.8, 4) is 0 Å². The molecule has 0 saturated carbocycles. The first-order valence-corrected chi connectivity index (χ1v) is 16.9. The van der Waals surface area contributed by atoms with Crippen molar-refractivity contribution >= 4 is 92.8 Å². The molecular formula is C28H43Cl7N8O6. The average Bonchev–Trinajstić information content (AvgIpc) is 3.11. The maximum atomic E-state index is 11.6. The van der Waals surface area contributed by atoms with Crippen LogP contribution in [-0.4, -0.2) is 88.0 Å². The highest BCUT2D eigenvalue weighted by Crippen LogP contribution is 2.26. The largest absolute Gasteiger partial charge is 0.508 e. The van der Waals surface area contributed by atoms with Crippen LogP contribution in [0.4, 0.5) is 9.59 Å². The van der Waals surface area contributed by atoms with Crippen LogP contribution < -0.4 is 43.4 Å². The molecule has 14 nitrogen and oxygen atoms in total. The van der Waals surface area contributed by atoms with E-state index in [4.69, 9.17) is 102 Å². The summed E-state index contributed by atoms with van der Waals surface area (Å²) in [6, 6.07) is -0.936. The topological polar surface area (TPSA) is 206 Å². The molecule has 0 aromatic heterocycles. The second-order valence-electron chi connectivity index (χ2n) is 9.93. The summed E-state index contributed by atoms with van der Waals surface area (Å²) in [6.45, 7) is 15.6. The van der Waals surface area contributed by atoms with Crippen LogP contribution >= 0.6 is 81.2 Å². The number of carbonyl (C=O) groups is 2. The van der Waals surface area contributed by atoms with Gasteiger partial charge in [-0.1, -0.05) is 120 Å². The molecule has 0 unspecified atom stereocenters. The summed E-state index contributed by atoms with van der Waals surface area (Å²) in [5.74, 6) is 1.97. The Bertz CT molecular complexity index is 1150. The third kappa shape index (κ3) is 27.0. The minimum atomic E-state index is -1.70. The highest BCUT2D eigenvalue weighted by atomic mass is 35.6. The molecule has 0 bridgehead atoms. The third-order valence-electron chi connectivity index (χ3n) is 5.56. The lowest BCUT2D eigenvalue weighted by Gasteiger charge is -2.28. The minimum Gasteiger partial charge on any atom is -0.449 e. The molecule has 4 atom stereocenters. The van der Waals surface area contributed by atoms with Gasteiger partial charge in [0.25, 0.3) is 0 Å². The Labute approximate surface area is 321 Å². The zero-order chi connectivity index (χ0) is 37.6. The highest BCUT2D eigenvalue weighted by molar-refractivity contribution is 6.68. The summed E-state index contributed by atoms with van der Waals surface area (Å²) >= 11 is 36.8. The van der Waals surface area contributed by atoms with Crippen molar-refractivity contribution in [1.82, 2.24) is 31.9 Å². The van der Waals surface area contributed by atoms with Crippen molar-refractivity contribution in [2.75, 3.05) is 39.5 Å². The predicted molar refractivity (Wildman–Crippen MR) is 198 cm³/mol. The summed E-state index contributed by atoms with van der Waals surface area (Å²) in [6.07, 6.45) is 8.65. The lowest BCUT2D eigenvalue weighted by atomic mass is 10.1. The molecule has 0 radical (unpaired) electrons. The van der Waals surface area contributed by atoms with E-state index in [9.17, 15) is 14.7 Å². The van der Waals surface area contributed by atoms with Gasteiger partial charge in [-0.25, -0.2) is 9.59 Å². The molecule has 0 spiro atoms. The molecule has 2 aliphatic heterocycles. The average molecular weight is 836 g/mol. The molecule has 0 fully saturated rings. The number of halogens is 7. The van der Waals surface area contributed by atoms with Gasteiger partial charge in [-0.2, -0.15) is 0 Å². The van der Waals surface area contributed by atoms with E-state index in [-0.39, 0.29) is 49.8 Å². The van der Waals surface area contributed by atoms with Gasteiger partial charge >= 0.3 is 11.6 Å². The van der Waals surface area contributed by atoms with Crippen LogP contribution in [0.2, 0.25) is 0 Å². The number of aliphatic hydroxyl groups is 1. The fourth-order valence-electron chi connectivity index (χ4n) is 3.60. The first-order chi connectivity index (χ1) is 22.7. The van der Waals surface area contributed by atoms with E-state index < -0.39 is 25.8 Å². The Balaban J connectivity index is 0.000000790. The van der Waals surface area contributed by atoms with Crippen LogP contribution in [0.5, 0.6) is 0 Å². The molecular weight excluding hydrogens is 793 g/mol. The van der Waals surface area contributed by atoms with Gasteiger partial charge < -0.3 is 62.7 Å². The first-order valence-electron chi connectivity index (χ1n) is 14.2. The summed E-state index contributed by atoms with van der Waals surface area (Å²) in [5.41, 5.74) is 10.2. The second kappa shape index (κ2) is 24.7. The smallest absolute Gasteiger partial charge is 0.449 e. The molecule has 2 aliphatic rings. The lowest BCUT2D eigenvalue weighted by Crippen LogP contribution is -2.51. The molecule has 2 rings (SSSR count). The van der Waals surface area contributed by atoms with Crippen LogP contribution in [0.25, 0.3) is 0 Å². The fourth-order valence-corrected chi connectivity index (χ4v) is 3.99. The van der Waals surface area contributed by atoms with Crippen molar-refractivity contribution < 1.29 is 28.9 Å². The summed E-state index contributed by atoms with van der Waals surface area (Å²) < 4.78 is 10.6.